The summed E-state index contributed by atoms with van der Waals surface area (Å²) in [5.74, 6) is -0.161. The molecule has 1 aromatic heterocycles. The van der Waals surface area contributed by atoms with E-state index in [1.54, 1.807) is 10.3 Å². The Kier molecular flexibility index (Phi) is 7.33. The van der Waals surface area contributed by atoms with Gasteiger partial charge in [0.25, 0.3) is 5.91 Å². The lowest BCUT2D eigenvalue weighted by atomic mass is 10.1. The summed E-state index contributed by atoms with van der Waals surface area (Å²) in [6, 6.07) is 11.5. The predicted molar refractivity (Wildman–Crippen MR) is 105 cm³/mol. The Morgan fingerprint density at radius 3 is 2.38 bits per heavy atom. The first kappa shape index (κ1) is 20.6. The van der Waals surface area contributed by atoms with Crippen LogP contribution in [0.3, 0.4) is 0 Å². The van der Waals surface area contributed by atoms with Crippen LogP contribution >= 0.6 is 11.3 Å². The van der Waals surface area contributed by atoms with Gasteiger partial charge in [0, 0.05) is 25.0 Å². The third kappa shape index (κ3) is 6.21. The number of benzene rings is 1. The summed E-state index contributed by atoms with van der Waals surface area (Å²) >= 11 is 0.976. The van der Waals surface area contributed by atoms with Crippen LogP contribution in [0, 0.1) is 0 Å². The van der Waals surface area contributed by atoms with Gasteiger partial charge in [-0.25, -0.2) is 13.6 Å². The molecule has 0 saturated heterocycles. The Hall–Kier alpha value is -1.74. The van der Waals surface area contributed by atoms with Gasteiger partial charge in [-0.1, -0.05) is 30.3 Å². The van der Waals surface area contributed by atoms with E-state index in [1.165, 1.54) is 11.6 Å². The molecule has 0 unspecified atom stereocenters. The van der Waals surface area contributed by atoms with Crippen LogP contribution in [0.15, 0.2) is 46.0 Å². The van der Waals surface area contributed by atoms with Crippen molar-refractivity contribution in [1.29, 1.82) is 0 Å². The van der Waals surface area contributed by atoms with Crippen molar-refractivity contribution in [2.24, 2.45) is 5.14 Å². The highest BCUT2D eigenvalue weighted by atomic mass is 32.2. The molecule has 1 amide bonds. The highest BCUT2D eigenvalue weighted by Gasteiger charge is 2.20. The molecule has 0 radical (unpaired) electrons. The molecule has 0 saturated carbocycles. The van der Waals surface area contributed by atoms with Crippen LogP contribution in [0.2, 0.25) is 0 Å². The zero-order valence-corrected chi connectivity index (χ0v) is 16.7. The number of aryl methyl sites for hydroxylation is 1. The lowest BCUT2D eigenvalue weighted by Crippen LogP contribution is -2.37. The SMILES string of the molecule is CN(C)CCN(CCCc1ccccc1)C(=O)c1csc(S(N)(=O)=O)c1. The van der Waals surface area contributed by atoms with Crippen LogP contribution in [0.1, 0.15) is 22.3 Å². The minimum Gasteiger partial charge on any atom is -0.337 e. The van der Waals surface area contributed by atoms with Crippen LogP contribution < -0.4 is 5.14 Å². The van der Waals surface area contributed by atoms with Crippen molar-refractivity contribution in [3.8, 4) is 0 Å². The first-order valence-electron chi connectivity index (χ1n) is 8.36. The van der Waals surface area contributed by atoms with Gasteiger partial charge in [-0.05, 0) is 38.6 Å². The lowest BCUT2D eigenvalue weighted by molar-refractivity contribution is 0.0743. The maximum atomic E-state index is 12.8. The average Bonchev–Trinajstić information content (AvgIpc) is 3.08. The van der Waals surface area contributed by atoms with Crippen LogP contribution in [0.4, 0.5) is 0 Å². The van der Waals surface area contributed by atoms with Gasteiger partial charge in [-0.15, -0.1) is 11.3 Å². The van der Waals surface area contributed by atoms with E-state index >= 15 is 0 Å². The van der Waals surface area contributed by atoms with Crippen molar-refractivity contribution >= 4 is 27.3 Å². The van der Waals surface area contributed by atoms with Gasteiger partial charge in [-0.2, -0.15) is 0 Å². The molecule has 6 nitrogen and oxygen atoms in total. The number of sulfonamides is 1. The molecule has 2 rings (SSSR count). The summed E-state index contributed by atoms with van der Waals surface area (Å²) in [6.07, 6.45) is 1.73. The van der Waals surface area contributed by atoms with Gasteiger partial charge in [0.05, 0.1) is 5.56 Å². The first-order chi connectivity index (χ1) is 12.3. The molecule has 0 aliphatic heterocycles. The second kappa shape index (κ2) is 9.27. The van der Waals surface area contributed by atoms with Crippen molar-refractivity contribution in [3.05, 3.63) is 52.9 Å². The summed E-state index contributed by atoms with van der Waals surface area (Å²) in [6.45, 7) is 1.94. The number of thiophene rings is 1. The number of likely N-dealkylation sites (N-methyl/N-ethyl adjacent to an activating group) is 1. The number of rotatable bonds is 9. The van der Waals surface area contributed by atoms with Crippen molar-refractivity contribution < 1.29 is 13.2 Å². The Morgan fingerprint density at radius 2 is 1.81 bits per heavy atom. The molecule has 1 heterocycles. The first-order valence-corrected chi connectivity index (χ1v) is 10.8. The second-order valence-corrected chi connectivity index (χ2v) is 9.08. The van der Waals surface area contributed by atoms with Gasteiger partial charge in [0.1, 0.15) is 4.21 Å². The number of nitrogens with two attached hydrogens (primary N) is 1. The number of carbonyl (C=O) groups is 1. The van der Waals surface area contributed by atoms with Crippen molar-refractivity contribution in [2.45, 2.75) is 17.1 Å². The fourth-order valence-corrected chi connectivity index (χ4v) is 4.09. The fraction of sp³-hybridized carbons (Fsp3) is 0.389. The average molecular weight is 396 g/mol. The number of primary sulfonamides is 1. The van der Waals surface area contributed by atoms with E-state index in [0.29, 0.717) is 18.7 Å². The Bertz CT molecular complexity index is 817. The van der Waals surface area contributed by atoms with E-state index in [2.05, 4.69) is 12.1 Å². The summed E-state index contributed by atoms with van der Waals surface area (Å²) in [4.78, 5) is 16.6. The highest BCUT2D eigenvalue weighted by molar-refractivity contribution is 7.91. The van der Waals surface area contributed by atoms with Gasteiger partial charge in [-0.3, -0.25) is 4.79 Å². The topological polar surface area (TPSA) is 83.7 Å². The summed E-state index contributed by atoms with van der Waals surface area (Å²) in [7, 11) is 0.129. The van der Waals surface area contributed by atoms with E-state index in [0.717, 1.165) is 30.7 Å². The zero-order valence-electron chi connectivity index (χ0n) is 15.1. The lowest BCUT2D eigenvalue weighted by Gasteiger charge is -2.24. The maximum Gasteiger partial charge on any atom is 0.254 e. The molecule has 0 aliphatic rings. The zero-order chi connectivity index (χ0) is 19.2. The van der Waals surface area contributed by atoms with Crippen molar-refractivity contribution in [3.63, 3.8) is 0 Å². The van der Waals surface area contributed by atoms with Gasteiger partial charge in [0.15, 0.2) is 0 Å². The van der Waals surface area contributed by atoms with E-state index < -0.39 is 10.0 Å². The molecule has 0 atom stereocenters. The molecule has 0 spiro atoms. The van der Waals surface area contributed by atoms with E-state index in [9.17, 15) is 13.2 Å². The fourth-order valence-electron chi connectivity index (χ4n) is 2.51. The van der Waals surface area contributed by atoms with Crippen LogP contribution in [-0.2, 0) is 16.4 Å². The minimum atomic E-state index is -3.78. The summed E-state index contributed by atoms with van der Waals surface area (Å²) in [5.41, 5.74) is 1.61. The van der Waals surface area contributed by atoms with Crippen LogP contribution in [0.5, 0.6) is 0 Å². The number of nitrogens with zero attached hydrogens (tertiary/aromatic N) is 2. The smallest absolute Gasteiger partial charge is 0.254 e. The monoisotopic (exact) mass is 395 g/mol. The molecule has 2 aromatic rings. The standard InChI is InChI=1S/C18H25N3O3S2/c1-20(2)11-12-21(10-6-9-15-7-4-3-5-8-15)18(22)16-13-17(25-14-16)26(19,23)24/h3-5,7-8,13-14H,6,9-12H2,1-2H3,(H2,19,23,24). The van der Waals surface area contributed by atoms with Gasteiger partial charge >= 0.3 is 0 Å². The molecular formula is C18H25N3O3S2. The molecule has 142 valence electrons. The van der Waals surface area contributed by atoms with Crippen LogP contribution in [0.25, 0.3) is 0 Å². The minimum absolute atomic E-state index is 0.0118. The number of hydrogen-bond donors (Lipinski definition) is 1. The summed E-state index contributed by atoms with van der Waals surface area (Å²) < 4.78 is 22.9. The van der Waals surface area contributed by atoms with Crippen molar-refractivity contribution in [2.75, 3.05) is 33.7 Å². The quantitative estimate of drug-likeness (QED) is 0.704. The largest absolute Gasteiger partial charge is 0.337 e. The molecule has 8 heteroatoms. The molecule has 0 aliphatic carbocycles. The summed E-state index contributed by atoms with van der Waals surface area (Å²) in [5, 5.41) is 6.70. The van der Waals surface area contributed by atoms with Crippen LogP contribution in [-0.4, -0.2) is 57.9 Å². The number of hydrogen-bond acceptors (Lipinski definition) is 5. The number of amides is 1. The second-order valence-electron chi connectivity index (χ2n) is 6.38. The van der Waals surface area contributed by atoms with E-state index in [1.807, 2.05) is 37.2 Å². The molecule has 1 aromatic carbocycles. The van der Waals surface area contributed by atoms with Gasteiger partial charge < -0.3 is 9.80 Å². The molecule has 2 N–H and O–H groups in total. The van der Waals surface area contributed by atoms with Crippen molar-refractivity contribution in [1.82, 2.24) is 9.80 Å². The molecule has 0 bridgehead atoms. The Balaban J connectivity index is 2.05. The molecular weight excluding hydrogens is 370 g/mol. The van der Waals surface area contributed by atoms with E-state index in [4.69, 9.17) is 5.14 Å². The molecule has 26 heavy (non-hydrogen) atoms. The molecule has 0 fully saturated rings. The van der Waals surface area contributed by atoms with Gasteiger partial charge in [0.2, 0.25) is 10.0 Å². The predicted octanol–water partition coefficient (Wildman–Crippen LogP) is 2.03. The highest BCUT2D eigenvalue weighted by Crippen LogP contribution is 2.20. The Labute approximate surface area is 159 Å². The third-order valence-electron chi connectivity index (χ3n) is 3.94. The normalized spacial score (nSPS) is 11.7. The number of carbonyl (C=O) groups excluding carboxylic acids is 1. The van der Waals surface area contributed by atoms with E-state index in [-0.39, 0.29) is 10.1 Å². The third-order valence-corrected chi connectivity index (χ3v) is 6.33. The Morgan fingerprint density at radius 1 is 1.12 bits per heavy atom. The maximum absolute atomic E-state index is 12.8.